The van der Waals surface area contributed by atoms with E-state index >= 15 is 0 Å². The molecule has 4 aliphatic rings. The Morgan fingerprint density at radius 3 is 1.63 bits per heavy atom. The number of hydrogen-bond donors (Lipinski definition) is 17. The third-order valence-corrected chi connectivity index (χ3v) is 11.4. The molecule has 0 aromatic carbocycles. The monoisotopic (exact) mass is 951 g/mol. The van der Waals surface area contributed by atoms with Crippen molar-refractivity contribution in [1.82, 2.24) is 16.0 Å². The molecular formula is C37H65N3O25. The Morgan fingerprint density at radius 2 is 1.08 bits per heavy atom. The van der Waals surface area contributed by atoms with Crippen LogP contribution in [0.5, 0.6) is 0 Å². The zero-order valence-electron chi connectivity index (χ0n) is 35.9. The number of nitrogens with one attached hydrogen (secondary N) is 3. The Bertz CT molecular complexity index is 1510. The van der Waals surface area contributed by atoms with Gasteiger partial charge >= 0.3 is 0 Å². The predicted molar refractivity (Wildman–Crippen MR) is 207 cm³/mol. The Balaban J connectivity index is 1.54. The van der Waals surface area contributed by atoms with E-state index in [1.165, 1.54) is 13.8 Å². The van der Waals surface area contributed by atoms with Crippen LogP contribution in [-0.4, -0.2) is 269 Å². The molecule has 4 heterocycles. The topological polar surface area (TPSA) is 444 Å². The van der Waals surface area contributed by atoms with Gasteiger partial charge in [0.15, 0.2) is 25.2 Å². The minimum Gasteiger partial charge on any atom is -0.396 e. The lowest BCUT2D eigenvalue weighted by molar-refractivity contribution is -0.367. The molecule has 4 rings (SSSR count). The molecule has 0 spiro atoms. The fraction of sp³-hybridized carbons (Fsp3) is 0.919. The molecule has 378 valence electrons. The average molecular weight is 952 g/mol. The summed E-state index contributed by atoms with van der Waals surface area (Å²) in [5.41, 5.74) is 0. The lowest BCUT2D eigenvalue weighted by Gasteiger charge is -2.49. The first-order valence-corrected chi connectivity index (χ1v) is 20.9. The summed E-state index contributed by atoms with van der Waals surface area (Å²) < 4.78 is 46.0. The van der Waals surface area contributed by atoms with Crippen molar-refractivity contribution in [2.45, 2.75) is 181 Å². The first kappa shape index (κ1) is 55.1. The molecule has 0 radical (unpaired) electrons. The van der Waals surface area contributed by atoms with Crippen molar-refractivity contribution in [2.75, 3.05) is 33.0 Å². The van der Waals surface area contributed by atoms with Gasteiger partial charge in [-0.25, -0.2) is 0 Å². The second-order valence-corrected chi connectivity index (χ2v) is 16.3. The van der Waals surface area contributed by atoms with E-state index in [1.807, 2.05) is 0 Å². The van der Waals surface area contributed by atoms with Gasteiger partial charge in [0.2, 0.25) is 17.7 Å². The molecule has 65 heavy (non-hydrogen) atoms. The van der Waals surface area contributed by atoms with E-state index in [0.717, 1.165) is 13.8 Å². The van der Waals surface area contributed by atoms with E-state index in [2.05, 4.69) is 16.0 Å². The van der Waals surface area contributed by atoms with E-state index in [0.29, 0.717) is 0 Å². The molecule has 24 atom stereocenters. The van der Waals surface area contributed by atoms with Crippen molar-refractivity contribution in [3.63, 3.8) is 0 Å². The smallest absolute Gasteiger partial charge is 0.217 e. The first-order valence-electron chi connectivity index (χ1n) is 20.9. The number of amides is 3. The lowest BCUT2D eigenvalue weighted by atomic mass is 9.92. The molecule has 4 fully saturated rings. The quantitative estimate of drug-likeness (QED) is 0.0504. The summed E-state index contributed by atoms with van der Waals surface area (Å²) in [4.78, 5) is 36.2. The maximum absolute atomic E-state index is 12.4. The minimum atomic E-state index is -2.29. The predicted octanol–water partition coefficient (Wildman–Crippen LogP) is -10.4. The van der Waals surface area contributed by atoms with E-state index < -0.39 is 204 Å². The van der Waals surface area contributed by atoms with Crippen LogP contribution < -0.4 is 16.0 Å². The van der Waals surface area contributed by atoms with Crippen LogP contribution in [0.1, 0.15) is 34.1 Å². The van der Waals surface area contributed by atoms with Crippen molar-refractivity contribution in [3.8, 4) is 0 Å². The van der Waals surface area contributed by atoms with E-state index in [4.69, 9.17) is 37.9 Å². The van der Waals surface area contributed by atoms with Gasteiger partial charge in [-0.1, -0.05) is 0 Å². The number of aliphatic hydroxyl groups is 14. The van der Waals surface area contributed by atoms with Gasteiger partial charge in [-0.05, 0) is 13.3 Å². The number of aliphatic hydroxyl groups excluding tert-OH is 14. The van der Waals surface area contributed by atoms with E-state index in [9.17, 15) is 85.9 Å². The Labute approximate surface area is 371 Å². The van der Waals surface area contributed by atoms with Crippen LogP contribution in [0.4, 0.5) is 0 Å². The molecule has 28 nitrogen and oxygen atoms in total. The Morgan fingerprint density at radius 1 is 0.569 bits per heavy atom. The normalized spacial score (nSPS) is 42.0. The van der Waals surface area contributed by atoms with Gasteiger partial charge < -0.3 is 125 Å². The van der Waals surface area contributed by atoms with Gasteiger partial charge in [-0.3, -0.25) is 14.4 Å². The van der Waals surface area contributed by atoms with Crippen molar-refractivity contribution in [2.24, 2.45) is 0 Å². The maximum atomic E-state index is 12.4. The van der Waals surface area contributed by atoms with Crippen LogP contribution in [0, 0.1) is 0 Å². The zero-order chi connectivity index (χ0) is 48.6. The lowest BCUT2D eigenvalue weighted by Crippen LogP contribution is -2.70. The van der Waals surface area contributed by atoms with Crippen molar-refractivity contribution in [1.29, 1.82) is 0 Å². The molecule has 0 bridgehead atoms. The summed E-state index contributed by atoms with van der Waals surface area (Å²) in [5.74, 6) is -2.10. The van der Waals surface area contributed by atoms with Crippen LogP contribution in [0.15, 0.2) is 0 Å². The van der Waals surface area contributed by atoms with E-state index in [-0.39, 0.29) is 0 Å². The largest absolute Gasteiger partial charge is 0.396 e. The molecule has 28 heteroatoms. The van der Waals surface area contributed by atoms with Gasteiger partial charge in [0, 0.05) is 27.4 Å². The molecule has 4 aliphatic heterocycles. The summed E-state index contributed by atoms with van der Waals surface area (Å²) in [6.07, 6.45) is -37.7. The van der Waals surface area contributed by atoms with Gasteiger partial charge in [0.05, 0.1) is 44.7 Å². The molecule has 3 amide bonds. The van der Waals surface area contributed by atoms with Crippen LogP contribution >= 0.6 is 0 Å². The maximum Gasteiger partial charge on any atom is 0.217 e. The molecular weight excluding hydrogens is 886 g/mol. The highest BCUT2D eigenvalue weighted by Crippen LogP contribution is 2.34. The third kappa shape index (κ3) is 13.4. The summed E-state index contributed by atoms with van der Waals surface area (Å²) in [5, 5.41) is 156. The molecule has 0 aliphatic carbocycles. The Hall–Kier alpha value is -2.47. The number of carbonyl (C=O) groups excluding carboxylic acids is 3. The van der Waals surface area contributed by atoms with Crippen molar-refractivity contribution >= 4 is 17.7 Å². The number of ether oxygens (including phenoxy) is 8. The third-order valence-electron chi connectivity index (χ3n) is 11.4. The number of hydrogen-bond acceptors (Lipinski definition) is 25. The van der Waals surface area contributed by atoms with Crippen LogP contribution in [0.2, 0.25) is 0 Å². The summed E-state index contributed by atoms with van der Waals surface area (Å²) in [6, 6.07) is -4.47. The second-order valence-electron chi connectivity index (χ2n) is 16.3. The summed E-state index contributed by atoms with van der Waals surface area (Å²) >= 11 is 0. The highest BCUT2D eigenvalue weighted by molar-refractivity contribution is 5.74. The summed E-state index contributed by atoms with van der Waals surface area (Å²) in [7, 11) is 0. The number of carbonyl (C=O) groups is 3. The fourth-order valence-corrected chi connectivity index (χ4v) is 7.98. The minimum absolute atomic E-state index is 0.399. The molecule has 15 unspecified atom stereocenters. The highest BCUT2D eigenvalue weighted by Gasteiger charge is 2.55. The van der Waals surface area contributed by atoms with Crippen LogP contribution in [0.25, 0.3) is 0 Å². The molecule has 0 aromatic heterocycles. The zero-order valence-corrected chi connectivity index (χ0v) is 35.9. The highest BCUT2D eigenvalue weighted by atomic mass is 16.8. The van der Waals surface area contributed by atoms with Gasteiger partial charge in [0.1, 0.15) is 104 Å². The average Bonchev–Trinajstić information content (AvgIpc) is 3.25. The fourth-order valence-electron chi connectivity index (χ4n) is 7.98. The molecule has 17 N–H and O–H groups in total. The SMILES string of the molecule is CC(=O)NC(C(O)OC1C(O)[C@H](O)C(CO)O[C@@H]1OCC1O[C@@H](O[C@@H]2C(CO)O[C@@H](O[C@@H]3C(CO)O[C@@H](C)C(NC(C)=O)C3O)C(NC(C)=O)C2O)C(O)C(O)[C@@H]1O)C(O)[C@H](O)CCO. The molecule has 0 aromatic rings. The van der Waals surface area contributed by atoms with Gasteiger partial charge in [0.25, 0.3) is 0 Å². The van der Waals surface area contributed by atoms with Crippen molar-refractivity contribution in [3.05, 3.63) is 0 Å². The van der Waals surface area contributed by atoms with Crippen LogP contribution in [0.3, 0.4) is 0 Å². The standard InChI is InChI=1S/C37H65N3O25/c1-11-20(38-12(2)45)26(52)31(17(8-43)59-11)64-35-22(40-14(4)47)27(53)32(18(9-44)61-35)65-36-30(56)28(54)25(51)19(62-36)10-58-37-33(29(55)24(50)16(7-42)60-37)63-34(57)21(39-13(3)46)23(49)15(48)5-6-41/h11,15-37,41-44,48-57H,5-10H2,1-4H3,(H,38,45)(H,39,46)(H,40,47)/t11-,15+,16?,17?,18?,19?,20?,21?,22?,23?,24+,25+,26?,27?,28?,29?,30?,31+,32+,33?,34?,35-,36-,37-/m0/s1. The van der Waals surface area contributed by atoms with Gasteiger partial charge in [-0.15, -0.1) is 0 Å². The van der Waals surface area contributed by atoms with Crippen LogP contribution in [-0.2, 0) is 52.3 Å². The van der Waals surface area contributed by atoms with E-state index in [1.54, 1.807) is 0 Å². The second kappa shape index (κ2) is 24.7. The Kier molecular flexibility index (Phi) is 21.0. The molecule has 0 saturated carbocycles. The first-order chi connectivity index (χ1) is 30.6. The van der Waals surface area contributed by atoms with Gasteiger partial charge in [-0.2, -0.15) is 0 Å². The summed E-state index contributed by atoms with van der Waals surface area (Å²) in [6.45, 7) is 0.776. The number of rotatable bonds is 20. The molecule has 4 saturated heterocycles. The van der Waals surface area contributed by atoms with Crippen molar-refractivity contribution < 1.29 is 124 Å².